The molecule has 0 aliphatic rings. The molecule has 0 bridgehead atoms. The zero-order valence-corrected chi connectivity index (χ0v) is 14.1. The van der Waals surface area contributed by atoms with Crippen LogP contribution in [0, 0.1) is 5.82 Å². The van der Waals surface area contributed by atoms with Gasteiger partial charge < -0.3 is 5.32 Å². The number of hydrogen-bond acceptors (Lipinski definition) is 4. The maximum absolute atomic E-state index is 13.1. The van der Waals surface area contributed by atoms with Crippen LogP contribution in [-0.2, 0) is 18.3 Å². The first-order chi connectivity index (χ1) is 12.1. The maximum atomic E-state index is 13.1. The number of aryl methyl sites for hydroxylation is 1. The van der Waals surface area contributed by atoms with Crippen molar-refractivity contribution in [2.45, 2.75) is 6.42 Å². The molecule has 25 heavy (non-hydrogen) atoms. The number of nitrogens with one attached hydrogen (secondary N) is 1. The van der Waals surface area contributed by atoms with Crippen LogP contribution in [0.2, 0.25) is 0 Å². The zero-order valence-electron chi connectivity index (χ0n) is 13.3. The predicted molar refractivity (Wildman–Crippen MR) is 94.0 cm³/mol. The Kier molecular flexibility index (Phi) is 3.81. The molecule has 0 unspecified atom stereocenters. The van der Waals surface area contributed by atoms with Crippen molar-refractivity contribution in [3.05, 3.63) is 59.7 Å². The first kappa shape index (κ1) is 15.5. The van der Waals surface area contributed by atoms with Crippen LogP contribution >= 0.6 is 11.3 Å². The highest BCUT2D eigenvalue weighted by Gasteiger charge is 2.13. The number of anilines is 1. The van der Waals surface area contributed by atoms with Gasteiger partial charge in [0.1, 0.15) is 5.82 Å². The van der Waals surface area contributed by atoms with Gasteiger partial charge in [-0.05, 0) is 24.3 Å². The SMILES string of the molecule is Cn1cc(NC(=O)Cc2csc3nc(-c4ccc(F)cc4)cn23)cn1. The normalized spacial score (nSPS) is 11.1. The minimum Gasteiger partial charge on any atom is -0.323 e. The van der Waals surface area contributed by atoms with Crippen LogP contribution in [0.5, 0.6) is 0 Å². The number of benzene rings is 1. The summed E-state index contributed by atoms with van der Waals surface area (Å²) in [4.78, 5) is 17.6. The third-order valence-electron chi connectivity index (χ3n) is 3.75. The molecule has 0 fully saturated rings. The Morgan fingerprint density at radius 1 is 1.28 bits per heavy atom. The number of imidazole rings is 1. The lowest BCUT2D eigenvalue weighted by atomic mass is 10.2. The number of amides is 1. The average Bonchev–Trinajstić information content (AvgIpc) is 3.26. The fourth-order valence-electron chi connectivity index (χ4n) is 2.57. The van der Waals surface area contributed by atoms with Gasteiger partial charge in [-0.1, -0.05) is 0 Å². The quantitative estimate of drug-likeness (QED) is 0.612. The number of aromatic nitrogens is 4. The summed E-state index contributed by atoms with van der Waals surface area (Å²) in [5.74, 6) is -0.401. The van der Waals surface area contributed by atoms with E-state index in [1.807, 2.05) is 16.0 Å². The van der Waals surface area contributed by atoms with Crippen LogP contribution in [0.25, 0.3) is 16.2 Å². The van der Waals surface area contributed by atoms with Gasteiger partial charge in [-0.2, -0.15) is 5.10 Å². The molecule has 1 amide bonds. The van der Waals surface area contributed by atoms with Crippen molar-refractivity contribution in [3.8, 4) is 11.3 Å². The number of thiazole rings is 1. The standard InChI is InChI=1S/C17H14FN5OS/c1-22-8-13(7-19-22)20-16(24)6-14-10-25-17-21-15(9-23(14)17)11-2-4-12(18)5-3-11/h2-5,7-10H,6H2,1H3,(H,20,24). The van der Waals surface area contributed by atoms with Crippen molar-refractivity contribution in [1.82, 2.24) is 19.2 Å². The summed E-state index contributed by atoms with van der Waals surface area (Å²) < 4.78 is 16.6. The molecule has 126 valence electrons. The molecule has 4 aromatic rings. The third kappa shape index (κ3) is 3.16. The largest absolute Gasteiger partial charge is 0.323 e. The van der Waals surface area contributed by atoms with Gasteiger partial charge in [0.2, 0.25) is 5.91 Å². The zero-order chi connectivity index (χ0) is 17.4. The second kappa shape index (κ2) is 6.14. The Bertz CT molecular complexity index is 1050. The molecule has 3 aromatic heterocycles. The Morgan fingerprint density at radius 2 is 2.08 bits per heavy atom. The molecule has 0 aliphatic carbocycles. The van der Waals surface area contributed by atoms with E-state index in [0.717, 1.165) is 21.9 Å². The van der Waals surface area contributed by atoms with Gasteiger partial charge in [0.05, 0.1) is 24.0 Å². The molecule has 0 saturated heterocycles. The second-order valence-electron chi connectivity index (χ2n) is 5.64. The van der Waals surface area contributed by atoms with Crippen molar-refractivity contribution in [1.29, 1.82) is 0 Å². The second-order valence-corrected chi connectivity index (χ2v) is 6.48. The van der Waals surface area contributed by atoms with E-state index in [0.29, 0.717) is 5.69 Å². The fourth-order valence-corrected chi connectivity index (χ4v) is 3.44. The van der Waals surface area contributed by atoms with Gasteiger partial charge in [0.15, 0.2) is 4.96 Å². The van der Waals surface area contributed by atoms with Gasteiger partial charge >= 0.3 is 0 Å². The first-order valence-corrected chi connectivity index (χ1v) is 8.46. The monoisotopic (exact) mass is 355 g/mol. The van der Waals surface area contributed by atoms with E-state index in [1.54, 1.807) is 36.3 Å². The highest BCUT2D eigenvalue weighted by molar-refractivity contribution is 7.15. The lowest BCUT2D eigenvalue weighted by molar-refractivity contribution is -0.115. The van der Waals surface area contributed by atoms with Crippen LogP contribution in [-0.4, -0.2) is 25.1 Å². The van der Waals surface area contributed by atoms with E-state index in [-0.39, 0.29) is 18.1 Å². The first-order valence-electron chi connectivity index (χ1n) is 7.58. The van der Waals surface area contributed by atoms with Crippen LogP contribution in [0.15, 0.2) is 48.2 Å². The number of carbonyl (C=O) groups excluding carboxylic acids is 1. The lowest BCUT2D eigenvalue weighted by Crippen LogP contribution is -2.14. The van der Waals surface area contributed by atoms with Gasteiger partial charge in [-0.25, -0.2) is 9.37 Å². The number of rotatable bonds is 4. The Hall–Kier alpha value is -3.00. The summed E-state index contributed by atoms with van der Waals surface area (Å²) in [6.45, 7) is 0. The van der Waals surface area contributed by atoms with Crippen LogP contribution in [0.3, 0.4) is 0 Å². The van der Waals surface area contributed by atoms with Gasteiger partial charge in [0.25, 0.3) is 0 Å². The molecule has 3 heterocycles. The number of nitrogens with zero attached hydrogens (tertiary/aromatic N) is 4. The number of hydrogen-bond donors (Lipinski definition) is 1. The van der Waals surface area contributed by atoms with E-state index in [1.165, 1.54) is 23.5 Å². The molecule has 1 aromatic carbocycles. The number of carbonyl (C=O) groups is 1. The summed E-state index contributed by atoms with van der Waals surface area (Å²) in [5.41, 5.74) is 3.10. The van der Waals surface area contributed by atoms with Gasteiger partial charge in [-0.15, -0.1) is 11.3 Å². The van der Waals surface area contributed by atoms with Crippen LogP contribution in [0.1, 0.15) is 5.69 Å². The molecule has 6 nitrogen and oxygen atoms in total. The number of fused-ring (bicyclic) bond motifs is 1. The van der Waals surface area contributed by atoms with Crippen molar-refractivity contribution < 1.29 is 9.18 Å². The minimum atomic E-state index is -0.280. The highest BCUT2D eigenvalue weighted by atomic mass is 32.1. The predicted octanol–water partition coefficient (Wildman–Crippen LogP) is 3.12. The van der Waals surface area contributed by atoms with Crippen molar-refractivity contribution in [2.75, 3.05) is 5.32 Å². The van der Waals surface area contributed by atoms with E-state index in [2.05, 4.69) is 15.4 Å². The Balaban J connectivity index is 1.56. The smallest absolute Gasteiger partial charge is 0.230 e. The Labute approximate surface area is 146 Å². The molecule has 0 spiro atoms. The van der Waals surface area contributed by atoms with E-state index in [9.17, 15) is 9.18 Å². The molecule has 4 rings (SSSR count). The van der Waals surface area contributed by atoms with Crippen molar-refractivity contribution in [2.24, 2.45) is 7.05 Å². The van der Waals surface area contributed by atoms with Gasteiger partial charge in [-0.3, -0.25) is 13.9 Å². The molecule has 1 N–H and O–H groups in total. The third-order valence-corrected chi connectivity index (χ3v) is 4.64. The van der Waals surface area contributed by atoms with E-state index >= 15 is 0 Å². The summed E-state index contributed by atoms with van der Waals surface area (Å²) in [6.07, 6.45) is 5.44. The van der Waals surface area contributed by atoms with Crippen molar-refractivity contribution >= 4 is 27.9 Å². The summed E-state index contributed by atoms with van der Waals surface area (Å²) >= 11 is 1.47. The molecule has 0 atom stereocenters. The molecule has 8 heteroatoms. The van der Waals surface area contributed by atoms with Crippen LogP contribution < -0.4 is 5.32 Å². The molecule has 0 radical (unpaired) electrons. The van der Waals surface area contributed by atoms with Gasteiger partial charge in [0, 0.05) is 36.1 Å². The van der Waals surface area contributed by atoms with Crippen LogP contribution in [0.4, 0.5) is 10.1 Å². The molecule has 0 aliphatic heterocycles. The fraction of sp³-hybridized carbons (Fsp3) is 0.118. The topological polar surface area (TPSA) is 64.2 Å². The molecule has 0 saturated carbocycles. The Morgan fingerprint density at radius 3 is 2.80 bits per heavy atom. The minimum absolute atomic E-state index is 0.121. The van der Waals surface area contributed by atoms with Crippen molar-refractivity contribution in [3.63, 3.8) is 0 Å². The molecular weight excluding hydrogens is 341 g/mol. The summed E-state index contributed by atoms with van der Waals surface area (Å²) in [6, 6.07) is 6.20. The highest BCUT2D eigenvalue weighted by Crippen LogP contribution is 2.24. The average molecular weight is 355 g/mol. The summed E-state index contributed by atoms with van der Waals surface area (Å²) in [5, 5.41) is 8.76. The van der Waals surface area contributed by atoms with E-state index in [4.69, 9.17) is 0 Å². The number of halogens is 1. The summed E-state index contributed by atoms with van der Waals surface area (Å²) in [7, 11) is 1.79. The molecular formula is C17H14FN5OS. The lowest BCUT2D eigenvalue weighted by Gasteiger charge is -2.01. The van der Waals surface area contributed by atoms with E-state index < -0.39 is 0 Å². The maximum Gasteiger partial charge on any atom is 0.230 e.